The summed E-state index contributed by atoms with van der Waals surface area (Å²) < 4.78 is 1.57. The van der Waals surface area contributed by atoms with Crippen LogP contribution in [0.15, 0.2) is 42.9 Å². The largest absolute Gasteiger partial charge is 0.480 e. The molecule has 0 aliphatic carbocycles. The SMILES string of the molecule is Cn1cnc(C(=O)NCC(NC(=O)c2c(Cl)cc3c(c2Cl)CCN(C(=O)c2ccc(Cl)cc2)C3)C(=O)O)c1. The number of imidazole rings is 1. The van der Waals surface area contributed by atoms with Gasteiger partial charge in [-0.15, -0.1) is 0 Å². The lowest BCUT2D eigenvalue weighted by atomic mass is 9.96. The van der Waals surface area contributed by atoms with Crippen molar-refractivity contribution >= 4 is 58.5 Å². The van der Waals surface area contributed by atoms with Gasteiger partial charge in [-0.2, -0.15) is 0 Å². The predicted molar refractivity (Wildman–Crippen MR) is 141 cm³/mol. The van der Waals surface area contributed by atoms with Crippen LogP contribution in [0.25, 0.3) is 0 Å². The third kappa shape index (κ3) is 5.93. The average molecular weight is 579 g/mol. The Morgan fingerprint density at radius 1 is 1.11 bits per heavy atom. The second kappa shape index (κ2) is 11.4. The van der Waals surface area contributed by atoms with Crippen LogP contribution in [-0.2, 0) is 24.8 Å². The zero-order chi connectivity index (χ0) is 27.6. The monoisotopic (exact) mass is 577 g/mol. The first-order valence-corrected chi connectivity index (χ1v) is 12.5. The van der Waals surface area contributed by atoms with E-state index in [-0.39, 0.29) is 33.8 Å². The molecule has 2 heterocycles. The Hall–Kier alpha value is -3.60. The second-order valence-electron chi connectivity index (χ2n) is 8.67. The van der Waals surface area contributed by atoms with E-state index in [0.717, 1.165) is 0 Å². The molecule has 2 aromatic carbocycles. The lowest BCUT2D eigenvalue weighted by Crippen LogP contribution is -2.48. The maximum Gasteiger partial charge on any atom is 0.328 e. The molecule has 0 radical (unpaired) electrons. The molecule has 10 nitrogen and oxygen atoms in total. The van der Waals surface area contributed by atoms with Crippen LogP contribution in [0.4, 0.5) is 0 Å². The van der Waals surface area contributed by atoms with Crippen LogP contribution in [0.2, 0.25) is 15.1 Å². The van der Waals surface area contributed by atoms with Crippen molar-refractivity contribution in [3.05, 3.63) is 85.9 Å². The van der Waals surface area contributed by atoms with Crippen molar-refractivity contribution < 1.29 is 24.3 Å². The van der Waals surface area contributed by atoms with E-state index in [1.54, 1.807) is 46.8 Å². The number of nitrogens with zero attached hydrogens (tertiary/aromatic N) is 3. The van der Waals surface area contributed by atoms with Crippen LogP contribution in [0.3, 0.4) is 0 Å². The summed E-state index contributed by atoms with van der Waals surface area (Å²) >= 11 is 18.9. The number of hydrogen-bond acceptors (Lipinski definition) is 5. The van der Waals surface area contributed by atoms with Crippen molar-refractivity contribution in [1.82, 2.24) is 25.1 Å². The van der Waals surface area contributed by atoms with E-state index in [2.05, 4.69) is 15.6 Å². The molecule has 3 amide bonds. The van der Waals surface area contributed by atoms with Crippen molar-refractivity contribution in [3.8, 4) is 0 Å². The highest BCUT2D eigenvalue weighted by atomic mass is 35.5. The number of carboxylic acids is 1. The molecule has 13 heteroatoms. The Bertz CT molecular complexity index is 1420. The highest BCUT2D eigenvalue weighted by Gasteiger charge is 2.30. The predicted octanol–water partition coefficient (Wildman–Crippen LogP) is 3.19. The van der Waals surface area contributed by atoms with Gasteiger partial charge in [0.05, 0.1) is 21.9 Å². The van der Waals surface area contributed by atoms with Crippen molar-refractivity contribution in [1.29, 1.82) is 0 Å². The summed E-state index contributed by atoms with van der Waals surface area (Å²) in [6, 6.07) is 6.67. The Labute approximate surface area is 232 Å². The third-order valence-electron chi connectivity index (χ3n) is 6.02. The van der Waals surface area contributed by atoms with Crippen LogP contribution in [0.1, 0.15) is 42.3 Å². The topological polar surface area (TPSA) is 134 Å². The summed E-state index contributed by atoms with van der Waals surface area (Å²) in [6.07, 6.45) is 3.27. The van der Waals surface area contributed by atoms with Crippen LogP contribution < -0.4 is 10.6 Å². The van der Waals surface area contributed by atoms with Gasteiger partial charge in [-0.1, -0.05) is 34.8 Å². The van der Waals surface area contributed by atoms with Gasteiger partial charge in [0.2, 0.25) is 0 Å². The number of aliphatic carboxylic acids is 1. The average Bonchev–Trinajstić information content (AvgIpc) is 3.32. The van der Waals surface area contributed by atoms with E-state index >= 15 is 0 Å². The lowest BCUT2D eigenvalue weighted by Gasteiger charge is -2.30. The van der Waals surface area contributed by atoms with Crippen LogP contribution in [-0.4, -0.2) is 62.4 Å². The van der Waals surface area contributed by atoms with E-state index in [1.807, 2.05) is 0 Å². The molecule has 0 fully saturated rings. The maximum absolute atomic E-state index is 13.0. The number of hydrogen-bond donors (Lipinski definition) is 3. The summed E-state index contributed by atoms with van der Waals surface area (Å²) in [5.41, 5.74) is 1.85. The quantitative estimate of drug-likeness (QED) is 0.394. The van der Waals surface area contributed by atoms with Gasteiger partial charge in [-0.25, -0.2) is 9.78 Å². The number of benzene rings is 2. The van der Waals surface area contributed by atoms with Gasteiger partial charge in [0.15, 0.2) is 0 Å². The molecule has 3 N–H and O–H groups in total. The number of carbonyl (C=O) groups excluding carboxylic acids is 3. The van der Waals surface area contributed by atoms with Crippen LogP contribution >= 0.6 is 34.8 Å². The van der Waals surface area contributed by atoms with Crippen molar-refractivity contribution in [3.63, 3.8) is 0 Å². The zero-order valence-electron chi connectivity index (χ0n) is 20.0. The normalized spacial score (nSPS) is 13.4. The molecule has 198 valence electrons. The first-order valence-electron chi connectivity index (χ1n) is 11.4. The first kappa shape index (κ1) is 27.4. The molecule has 1 unspecified atom stereocenters. The molecule has 3 aromatic rings. The summed E-state index contributed by atoms with van der Waals surface area (Å²) in [5.74, 6) is -2.93. The Morgan fingerprint density at radius 3 is 2.45 bits per heavy atom. The van der Waals surface area contributed by atoms with E-state index in [9.17, 15) is 24.3 Å². The smallest absolute Gasteiger partial charge is 0.328 e. The summed E-state index contributed by atoms with van der Waals surface area (Å²) in [5, 5.41) is 15.0. The van der Waals surface area contributed by atoms with Gasteiger partial charge in [-0.3, -0.25) is 14.4 Å². The minimum Gasteiger partial charge on any atom is -0.480 e. The van der Waals surface area contributed by atoms with Gasteiger partial charge in [-0.05, 0) is 47.9 Å². The van der Waals surface area contributed by atoms with E-state index in [0.29, 0.717) is 34.7 Å². The minimum atomic E-state index is -1.45. The minimum absolute atomic E-state index is 0.00806. The number of carbonyl (C=O) groups is 4. The molecular weight excluding hydrogens is 557 g/mol. The van der Waals surface area contributed by atoms with Crippen molar-refractivity contribution in [2.75, 3.05) is 13.1 Å². The molecular formula is C25H22Cl3N5O5. The lowest BCUT2D eigenvalue weighted by molar-refractivity contribution is -0.139. The molecule has 1 aromatic heterocycles. The number of nitrogens with one attached hydrogen (secondary N) is 2. The van der Waals surface area contributed by atoms with E-state index < -0.39 is 30.4 Å². The fraction of sp³-hybridized carbons (Fsp3) is 0.240. The summed E-state index contributed by atoms with van der Waals surface area (Å²) in [6.45, 7) is 0.196. The van der Waals surface area contributed by atoms with Crippen molar-refractivity contribution in [2.45, 2.75) is 19.0 Å². The second-order valence-corrected chi connectivity index (χ2v) is 9.89. The molecule has 4 rings (SSSR count). The molecule has 0 saturated heterocycles. The fourth-order valence-corrected chi connectivity index (χ4v) is 4.94. The first-order chi connectivity index (χ1) is 18.0. The van der Waals surface area contributed by atoms with Gasteiger partial charge >= 0.3 is 5.97 Å². The molecule has 38 heavy (non-hydrogen) atoms. The van der Waals surface area contributed by atoms with Crippen molar-refractivity contribution in [2.24, 2.45) is 7.05 Å². The maximum atomic E-state index is 13.0. The fourth-order valence-electron chi connectivity index (χ4n) is 4.05. The molecule has 1 aliphatic rings. The molecule has 0 saturated carbocycles. The number of carboxylic acid groups (broad SMARTS) is 1. The number of halogens is 3. The summed E-state index contributed by atoms with van der Waals surface area (Å²) in [7, 11) is 1.69. The summed E-state index contributed by atoms with van der Waals surface area (Å²) in [4.78, 5) is 55.5. The molecule has 1 atom stereocenters. The van der Waals surface area contributed by atoms with Gasteiger partial charge in [0.1, 0.15) is 11.7 Å². The Morgan fingerprint density at radius 2 is 1.82 bits per heavy atom. The standard InChI is InChI=1S/C25H22Cl3N5O5/c1-32-11-19(30-12-32)22(34)29-9-18(25(37)38)31-23(35)20-17(27)8-14-10-33(7-6-16(14)21(20)28)24(36)13-2-4-15(26)5-3-13/h2-5,8,11-12,18H,6-7,9-10H2,1H3,(H,29,34)(H,31,35)(H,37,38). The molecule has 1 aliphatic heterocycles. The van der Waals surface area contributed by atoms with E-state index in [1.165, 1.54) is 12.5 Å². The third-order valence-corrected chi connectivity index (χ3v) is 6.99. The van der Waals surface area contributed by atoms with Crippen LogP contribution in [0.5, 0.6) is 0 Å². The number of aromatic nitrogens is 2. The highest BCUT2D eigenvalue weighted by Crippen LogP contribution is 2.35. The van der Waals surface area contributed by atoms with Gasteiger partial charge in [0.25, 0.3) is 17.7 Å². The molecule has 0 spiro atoms. The zero-order valence-corrected chi connectivity index (χ0v) is 22.3. The van der Waals surface area contributed by atoms with Gasteiger partial charge in [0, 0.05) is 43.5 Å². The number of amides is 3. The Kier molecular flexibility index (Phi) is 8.25. The number of rotatable bonds is 7. The van der Waals surface area contributed by atoms with Crippen LogP contribution in [0, 0.1) is 0 Å². The molecule has 0 bridgehead atoms. The van der Waals surface area contributed by atoms with Gasteiger partial charge < -0.3 is 25.2 Å². The number of aryl methyl sites for hydroxylation is 1. The Balaban J connectivity index is 1.47. The highest BCUT2D eigenvalue weighted by molar-refractivity contribution is 6.40. The van der Waals surface area contributed by atoms with E-state index in [4.69, 9.17) is 34.8 Å². The number of fused-ring (bicyclic) bond motifs is 1.